The van der Waals surface area contributed by atoms with Crippen LogP contribution in [0.25, 0.3) is 0 Å². The SMILES string of the molecule is COc1ccccc1N1C(=N)CN(CC#N)C1=O. The van der Waals surface area contributed by atoms with Crippen molar-refractivity contribution in [2.75, 3.05) is 25.1 Å². The van der Waals surface area contributed by atoms with Crippen LogP contribution < -0.4 is 9.64 Å². The zero-order valence-electron chi connectivity index (χ0n) is 9.88. The fraction of sp³-hybridized carbons (Fsp3) is 0.250. The zero-order valence-corrected chi connectivity index (χ0v) is 9.88. The summed E-state index contributed by atoms with van der Waals surface area (Å²) in [4.78, 5) is 14.7. The van der Waals surface area contributed by atoms with Crippen LogP contribution in [0.15, 0.2) is 24.3 Å². The number of nitriles is 1. The summed E-state index contributed by atoms with van der Waals surface area (Å²) in [6.07, 6.45) is 0. The molecule has 1 aromatic carbocycles. The van der Waals surface area contributed by atoms with Crippen molar-refractivity contribution in [1.29, 1.82) is 10.7 Å². The van der Waals surface area contributed by atoms with Gasteiger partial charge in [0.15, 0.2) is 0 Å². The van der Waals surface area contributed by atoms with Crippen molar-refractivity contribution in [2.45, 2.75) is 0 Å². The van der Waals surface area contributed by atoms with Gasteiger partial charge in [0.25, 0.3) is 0 Å². The first-order valence-corrected chi connectivity index (χ1v) is 5.35. The minimum atomic E-state index is -0.369. The second-order valence-corrected chi connectivity index (χ2v) is 3.75. The highest BCUT2D eigenvalue weighted by Gasteiger charge is 2.35. The first-order chi connectivity index (χ1) is 8.69. The van der Waals surface area contributed by atoms with Gasteiger partial charge in [-0.2, -0.15) is 5.26 Å². The monoisotopic (exact) mass is 244 g/mol. The molecule has 0 saturated carbocycles. The average molecular weight is 244 g/mol. The lowest BCUT2D eigenvalue weighted by Crippen LogP contribution is -2.33. The van der Waals surface area contributed by atoms with Gasteiger partial charge in [-0.25, -0.2) is 9.69 Å². The number of nitrogens with one attached hydrogen (secondary N) is 1. The highest BCUT2D eigenvalue weighted by Crippen LogP contribution is 2.30. The number of amidine groups is 1. The number of ether oxygens (including phenoxy) is 1. The Morgan fingerprint density at radius 3 is 2.89 bits per heavy atom. The number of amides is 2. The Morgan fingerprint density at radius 2 is 2.22 bits per heavy atom. The summed E-state index contributed by atoms with van der Waals surface area (Å²) in [5.74, 6) is 0.661. The van der Waals surface area contributed by atoms with Gasteiger partial charge in [0.1, 0.15) is 18.1 Å². The van der Waals surface area contributed by atoms with Crippen molar-refractivity contribution in [3.8, 4) is 11.8 Å². The number of hydrogen-bond donors (Lipinski definition) is 1. The predicted octanol–water partition coefficient (Wildman–Crippen LogP) is 1.44. The molecule has 0 aliphatic carbocycles. The second-order valence-electron chi connectivity index (χ2n) is 3.75. The number of benzene rings is 1. The molecule has 1 aliphatic rings. The Hall–Kier alpha value is -2.55. The first kappa shape index (κ1) is 11.9. The van der Waals surface area contributed by atoms with Crippen LogP contribution >= 0.6 is 0 Å². The molecule has 92 valence electrons. The van der Waals surface area contributed by atoms with E-state index in [-0.39, 0.29) is 25.0 Å². The lowest BCUT2D eigenvalue weighted by Gasteiger charge is -2.18. The van der Waals surface area contributed by atoms with Gasteiger partial charge in [0.05, 0.1) is 25.4 Å². The molecule has 1 fully saturated rings. The normalized spacial score (nSPS) is 14.9. The fourth-order valence-electron chi connectivity index (χ4n) is 1.85. The van der Waals surface area contributed by atoms with Crippen molar-refractivity contribution < 1.29 is 9.53 Å². The van der Waals surface area contributed by atoms with Crippen molar-refractivity contribution in [2.24, 2.45) is 0 Å². The van der Waals surface area contributed by atoms with Gasteiger partial charge in [-0.3, -0.25) is 5.41 Å². The molecule has 0 atom stereocenters. The maximum Gasteiger partial charge on any atom is 0.331 e. The van der Waals surface area contributed by atoms with Gasteiger partial charge in [-0.1, -0.05) is 12.1 Å². The number of carbonyl (C=O) groups is 1. The quantitative estimate of drug-likeness (QED) is 0.817. The third-order valence-electron chi connectivity index (χ3n) is 2.66. The summed E-state index contributed by atoms with van der Waals surface area (Å²) in [7, 11) is 1.51. The molecule has 0 bridgehead atoms. The zero-order chi connectivity index (χ0) is 13.1. The van der Waals surface area contributed by atoms with Crippen molar-refractivity contribution in [3.05, 3.63) is 24.3 Å². The van der Waals surface area contributed by atoms with E-state index in [9.17, 15) is 4.79 Å². The smallest absolute Gasteiger partial charge is 0.331 e. The number of rotatable bonds is 3. The number of anilines is 1. The van der Waals surface area contributed by atoms with Crippen LogP contribution in [0.4, 0.5) is 10.5 Å². The molecule has 2 rings (SSSR count). The van der Waals surface area contributed by atoms with Crippen LogP contribution in [-0.2, 0) is 0 Å². The Kier molecular flexibility index (Phi) is 3.15. The third kappa shape index (κ3) is 1.86. The third-order valence-corrected chi connectivity index (χ3v) is 2.66. The number of hydrogen-bond acceptors (Lipinski definition) is 4. The van der Waals surface area contributed by atoms with Crippen LogP contribution in [0.1, 0.15) is 0 Å². The fourth-order valence-corrected chi connectivity index (χ4v) is 1.85. The van der Waals surface area contributed by atoms with Gasteiger partial charge >= 0.3 is 6.03 Å². The van der Waals surface area contributed by atoms with Crippen LogP contribution in [0.3, 0.4) is 0 Å². The summed E-state index contributed by atoms with van der Waals surface area (Å²) >= 11 is 0. The lowest BCUT2D eigenvalue weighted by molar-refractivity contribution is 0.225. The molecule has 6 nitrogen and oxygen atoms in total. The molecular weight excluding hydrogens is 232 g/mol. The first-order valence-electron chi connectivity index (χ1n) is 5.35. The highest BCUT2D eigenvalue weighted by atomic mass is 16.5. The largest absolute Gasteiger partial charge is 0.495 e. The number of para-hydroxylation sites is 2. The summed E-state index contributed by atoms with van der Waals surface area (Å²) in [6.45, 7) is 0.122. The molecule has 1 aromatic rings. The van der Waals surface area contributed by atoms with E-state index in [1.807, 2.05) is 6.07 Å². The molecular formula is C12H12N4O2. The Morgan fingerprint density at radius 1 is 1.50 bits per heavy atom. The van der Waals surface area contributed by atoms with E-state index in [0.717, 1.165) is 0 Å². The molecule has 1 saturated heterocycles. The average Bonchev–Trinajstić information content (AvgIpc) is 2.65. The van der Waals surface area contributed by atoms with Crippen LogP contribution in [-0.4, -0.2) is 37.0 Å². The Bertz CT molecular complexity index is 535. The van der Waals surface area contributed by atoms with Gasteiger partial charge in [0.2, 0.25) is 0 Å². The maximum absolute atomic E-state index is 12.1. The van der Waals surface area contributed by atoms with Crippen LogP contribution in [0.5, 0.6) is 5.75 Å². The summed E-state index contributed by atoms with van der Waals surface area (Å²) in [5, 5.41) is 16.5. The molecule has 0 spiro atoms. The topological polar surface area (TPSA) is 80.4 Å². The number of urea groups is 1. The molecule has 0 aromatic heterocycles. The molecule has 2 amide bonds. The summed E-state index contributed by atoms with van der Waals surface area (Å²) in [5.41, 5.74) is 0.524. The highest BCUT2D eigenvalue weighted by molar-refractivity contribution is 6.21. The number of methoxy groups -OCH3 is 1. The van der Waals surface area contributed by atoms with E-state index in [0.29, 0.717) is 11.4 Å². The lowest BCUT2D eigenvalue weighted by atomic mass is 10.2. The maximum atomic E-state index is 12.1. The Balaban J connectivity index is 2.36. The van der Waals surface area contributed by atoms with E-state index in [2.05, 4.69) is 0 Å². The van der Waals surface area contributed by atoms with Crippen molar-refractivity contribution >= 4 is 17.6 Å². The van der Waals surface area contributed by atoms with Gasteiger partial charge in [-0.05, 0) is 12.1 Å². The molecule has 1 aliphatic heterocycles. The van der Waals surface area contributed by atoms with Crippen LogP contribution in [0.2, 0.25) is 0 Å². The predicted molar refractivity (Wildman–Crippen MR) is 65.8 cm³/mol. The molecule has 1 heterocycles. The molecule has 18 heavy (non-hydrogen) atoms. The van der Waals surface area contributed by atoms with Crippen molar-refractivity contribution in [3.63, 3.8) is 0 Å². The van der Waals surface area contributed by atoms with Crippen molar-refractivity contribution in [1.82, 2.24) is 4.90 Å². The van der Waals surface area contributed by atoms with E-state index in [1.165, 1.54) is 16.9 Å². The van der Waals surface area contributed by atoms with E-state index in [4.69, 9.17) is 15.4 Å². The van der Waals surface area contributed by atoms with Gasteiger partial charge in [-0.15, -0.1) is 0 Å². The van der Waals surface area contributed by atoms with E-state index < -0.39 is 0 Å². The van der Waals surface area contributed by atoms with E-state index >= 15 is 0 Å². The molecule has 6 heteroatoms. The van der Waals surface area contributed by atoms with E-state index in [1.54, 1.807) is 24.3 Å². The minimum absolute atomic E-state index is 0.0210. The number of carbonyl (C=O) groups excluding carboxylic acids is 1. The van der Waals surface area contributed by atoms with Crippen LogP contribution in [0, 0.1) is 16.7 Å². The molecule has 1 N–H and O–H groups in total. The minimum Gasteiger partial charge on any atom is -0.495 e. The molecule has 0 unspecified atom stereocenters. The standard InChI is InChI=1S/C12H12N4O2/c1-18-10-5-3-2-4-9(10)16-11(14)8-15(7-6-13)12(16)17/h2-5,14H,7-8H2,1H3. The van der Waals surface area contributed by atoms with Gasteiger partial charge in [0, 0.05) is 0 Å². The second kappa shape index (κ2) is 4.75. The van der Waals surface area contributed by atoms with Gasteiger partial charge < -0.3 is 9.64 Å². The molecule has 0 radical (unpaired) electrons. The summed E-state index contributed by atoms with van der Waals surface area (Å²) < 4.78 is 5.18. The Labute approximate surface area is 104 Å². The summed E-state index contributed by atoms with van der Waals surface area (Å²) in [6, 6.07) is 8.54. The number of nitrogens with zero attached hydrogens (tertiary/aromatic N) is 3.